The first kappa shape index (κ1) is 18.1. The number of nitrogens with zero attached hydrogens (tertiary/aromatic N) is 1. The number of carbonyl (C=O) groups is 1. The van der Waals surface area contributed by atoms with Crippen molar-refractivity contribution in [2.45, 2.75) is 11.3 Å². The minimum atomic E-state index is 0. The lowest BCUT2D eigenvalue weighted by Gasteiger charge is -2.16. The van der Waals surface area contributed by atoms with E-state index in [1.165, 1.54) is 10.8 Å². The molecule has 1 aliphatic heterocycles. The lowest BCUT2D eigenvalue weighted by molar-refractivity contribution is -0.127. The monoisotopic (exact) mass is 350 g/mol. The number of fused-ring (bicyclic) bond motifs is 1. The summed E-state index contributed by atoms with van der Waals surface area (Å²) in [6.45, 7) is 2.81. The van der Waals surface area contributed by atoms with Gasteiger partial charge in [-0.25, -0.2) is 0 Å². The van der Waals surface area contributed by atoms with Gasteiger partial charge in [-0.1, -0.05) is 30.3 Å². The summed E-state index contributed by atoms with van der Waals surface area (Å²) in [4.78, 5) is 15.5. The lowest BCUT2D eigenvalue weighted by atomic mass is 10.1. The maximum atomic E-state index is 12.3. The molecule has 1 atom stereocenters. The number of amides is 1. The van der Waals surface area contributed by atoms with Crippen molar-refractivity contribution in [1.82, 2.24) is 10.2 Å². The van der Waals surface area contributed by atoms with Gasteiger partial charge in [-0.3, -0.25) is 4.79 Å². The number of thioether (sulfide) groups is 1. The van der Waals surface area contributed by atoms with Gasteiger partial charge in [0.1, 0.15) is 0 Å². The summed E-state index contributed by atoms with van der Waals surface area (Å²) >= 11 is 1.64. The van der Waals surface area contributed by atoms with Crippen LogP contribution in [0.1, 0.15) is 6.42 Å². The third-order valence-electron chi connectivity index (χ3n) is 4.21. The predicted molar refractivity (Wildman–Crippen MR) is 101 cm³/mol. The Morgan fingerprint density at radius 3 is 2.83 bits per heavy atom. The fourth-order valence-electron chi connectivity index (χ4n) is 3.01. The van der Waals surface area contributed by atoms with Crippen molar-refractivity contribution in [3.05, 3.63) is 42.5 Å². The maximum absolute atomic E-state index is 12.3. The van der Waals surface area contributed by atoms with Gasteiger partial charge in [-0.2, -0.15) is 0 Å². The Bertz CT molecular complexity index is 664. The molecule has 0 saturated carbocycles. The first-order valence-corrected chi connectivity index (χ1v) is 8.79. The molecule has 1 fully saturated rings. The van der Waals surface area contributed by atoms with Crippen LogP contribution in [-0.2, 0) is 4.79 Å². The van der Waals surface area contributed by atoms with E-state index in [9.17, 15) is 4.79 Å². The van der Waals surface area contributed by atoms with E-state index in [1.54, 1.807) is 11.8 Å². The quantitative estimate of drug-likeness (QED) is 0.838. The second-order valence-electron chi connectivity index (χ2n) is 5.85. The number of hydrogen-bond acceptors (Lipinski definition) is 3. The van der Waals surface area contributed by atoms with E-state index in [0.717, 1.165) is 31.0 Å². The van der Waals surface area contributed by atoms with E-state index in [2.05, 4.69) is 35.6 Å². The molecule has 23 heavy (non-hydrogen) atoms. The molecule has 3 nitrogen and oxygen atoms in total. The molecular formula is C18H23ClN2OS. The predicted octanol–water partition coefficient (Wildman–Crippen LogP) is 3.42. The van der Waals surface area contributed by atoms with Crippen LogP contribution in [0.2, 0.25) is 0 Å². The van der Waals surface area contributed by atoms with E-state index in [0.29, 0.717) is 11.7 Å². The molecule has 1 aliphatic rings. The molecule has 5 heteroatoms. The summed E-state index contributed by atoms with van der Waals surface area (Å²) < 4.78 is 0. The number of hydrogen-bond donors (Lipinski definition) is 1. The summed E-state index contributed by atoms with van der Waals surface area (Å²) in [7, 11) is 1.97. The van der Waals surface area contributed by atoms with Crippen LogP contribution in [0.25, 0.3) is 10.8 Å². The van der Waals surface area contributed by atoms with Crippen LogP contribution in [0, 0.1) is 5.92 Å². The molecule has 2 aromatic carbocycles. The van der Waals surface area contributed by atoms with Crippen molar-refractivity contribution in [3.63, 3.8) is 0 Å². The zero-order valence-electron chi connectivity index (χ0n) is 13.3. The van der Waals surface area contributed by atoms with Gasteiger partial charge in [0.2, 0.25) is 5.91 Å². The van der Waals surface area contributed by atoms with Crippen LogP contribution in [0.15, 0.2) is 47.4 Å². The highest BCUT2D eigenvalue weighted by molar-refractivity contribution is 8.00. The highest BCUT2D eigenvalue weighted by Gasteiger charge is 2.25. The molecule has 3 rings (SSSR count). The molecule has 1 saturated heterocycles. The fraction of sp³-hybridized carbons (Fsp3) is 0.389. The summed E-state index contributed by atoms with van der Waals surface area (Å²) in [5, 5.41) is 5.68. The average molecular weight is 351 g/mol. The molecule has 0 bridgehead atoms. The lowest BCUT2D eigenvalue weighted by Crippen LogP contribution is -2.31. The molecule has 0 spiro atoms. The average Bonchev–Trinajstić information content (AvgIpc) is 3.01. The van der Waals surface area contributed by atoms with Crippen molar-refractivity contribution in [3.8, 4) is 0 Å². The Kier molecular flexibility index (Phi) is 6.75. The van der Waals surface area contributed by atoms with E-state index < -0.39 is 0 Å². The zero-order chi connectivity index (χ0) is 15.4. The Hall–Kier alpha value is -1.23. The maximum Gasteiger partial charge on any atom is 0.232 e. The van der Waals surface area contributed by atoms with Crippen molar-refractivity contribution < 1.29 is 4.79 Å². The molecule has 1 amide bonds. The van der Waals surface area contributed by atoms with E-state index in [4.69, 9.17) is 0 Å². The van der Waals surface area contributed by atoms with E-state index in [-0.39, 0.29) is 18.3 Å². The molecular weight excluding hydrogens is 328 g/mol. The highest BCUT2D eigenvalue weighted by atomic mass is 35.5. The Labute approximate surface area is 148 Å². The topological polar surface area (TPSA) is 32.3 Å². The van der Waals surface area contributed by atoms with Crippen molar-refractivity contribution in [2.24, 2.45) is 5.92 Å². The molecule has 0 aromatic heterocycles. The van der Waals surface area contributed by atoms with Gasteiger partial charge < -0.3 is 10.2 Å². The van der Waals surface area contributed by atoms with Gasteiger partial charge in [0.25, 0.3) is 0 Å². The minimum Gasteiger partial charge on any atom is -0.342 e. The van der Waals surface area contributed by atoms with Crippen LogP contribution in [-0.4, -0.2) is 43.2 Å². The molecule has 0 aliphatic carbocycles. The fourth-order valence-corrected chi connectivity index (χ4v) is 3.86. The standard InChI is InChI=1S/C18H22N2OS.ClH/c1-19-11-14-8-9-20(12-14)18(21)13-22-17-7-6-15-4-2-3-5-16(15)10-17;/h2-7,10,14,19H,8-9,11-13H2,1H3;1H. The molecule has 124 valence electrons. The number of nitrogens with one attached hydrogen (secondary N) is 1. The largest absolute Gasteiger partial charge is 0.342 e. The summed E-state index contributed by atoms with van der Waals surface area (Å²) in [5.74, 6) is 1.40. The van der Waals surface area contributed by atoms with Crippen LogP contribution in [0.3, 0.4) is 0 Å². The first-order valence-electron chi connectivity index (χ1n) is 7.80. The van der Waals surface area contributed by atoms with Crippen LogP contribution in [0.5, 0.6) is 0 Å². The smallest absolute Gasteiger partial charge is 0.232 e. The van der Waals surface area contributed by atoms with Gasteiger partial charge in [0.15, 0.2) is 0 Å². The molecule has 1 unspecified atom stereocenters. The van der Waals surface area contributed by atoms with Crippen LogP contribution in [0.4, 0.5) is 0 Å². The van der Waals surface area contributed by atoms with Crippen LogP contribution >= 0.6 is 24.2 Å². The summed E-state index contributed by atoms with van der Waals surface area (Å²) in [5.41, 5.74) is 0. The number of rotatable bonds is 5. The number of halogens is 1. The van der Waals surface area contributed by atoms with Crippen molar-refractivity contribution in [1.29, 1.82) is 0 Å². The second-order valence-corrected chi connectivity index (χ2v) is 6.90. The summed E-state index contributed by atoms with van der Waals surface area (Å²) in [6, 6.07) is 14.7. The van der Waals surface area contributed by atoms with Crippen molar-refractivity contribution >= 4 is 40.8 Å². The number of likely N-dealkylation sites (tertiary alicyclic amines) is 1. The summed E-state index contributed by atoms with van der Waals surface area (Å²) in [6.07, 6.45) is 1.12. The van der Waals surface area contributed by atoms with Gasteiger partial charge in [0.05, 0.1) is 5.75 Å². The second kappa shape index (κ2) is 8.57. The Balaban J connectivity index is 0.00000192. The Morgan fingerprint density at radius 2 is 2.04 bits per heavy atom. The van der Waals surface area contributed by atoms with Gasteiger partial charge >= 0.3 is 0 Å². The number of benzene rings is 2. The SMILES string of the molecule is CNCC1CCN(C(=O)CSc2ccc3ccccc3c2)C1.Cl. The normalized spacial score (nSPS) is 17.3. The van der Waals surface area contributed by atoms with Gasteiger partial charge in [0, 0.05) is 18.0 Å². The van der Waals surface area contributed by atoms with E-state index >= 15 is 0 Å². The van der Waals surface area contributed by atoms with Crippen LogP contribution < -0.4 is 5.32 Å². The third kappa shape index (κ3) is 4.63. The van der Waals surface area contributed by atoms with E-state index in [1.807, 2.05) is 24.1 Å². The zero-order valence-corrected chi connectivity index (χ0v) is 15.0. The Morgan fingerprint density at radius 1 is 1.26 bits per heavy atom. The van der Waals surface area contributed by atoms with Gasteiger partial charge in [-0.15, -0.1) is 24.2 Å². The number of carbonyl (C=O) groups excluding carboxylic acids is 1. The third-order valence-corrected chi connectivity index (χ3v) is 5.19. The molecule has 1 heterocycles. The highest BCUT2D eigenvalue weighted by Crippen LogP contribution is 2.25. The molecule has 2 aromatic rings. The molecule has 0 radical (unpaired) electrons. The minimum absolute atomic E-state index is 0. The first-order chi connectivity index (χ1) is 10.8. The molecule has 1 N–H and O–H groups in total. The van der Waals surface area contributed by atoms with Crippen molar-refractivity contribution in [2.75, 3.05) is 32.4 Å². The van der Waals surface area contributed by atoms with Gasteiger partial charge in [-0.05, 0) is 48.8 Å².